The van der Waals surface area contributed by atoms with Crippen LogP contribution in [-0.2, 0) is 0 Å². The van der Waals surface area contributed by atoms with Crippen LogP contribution in [0.3, 0.4) is 0 Å². The normalized spacial score (nSPS) is 9.00. The van der Waals surface area contributed by atoms with Crippen LogP contribution < -0.4 is 0 Å². The minimum Gasteiger partial charge on any atom is -0.125 e. The van der Waals surface area contributed by atoms with Gasteiger partial charge in [0.1, 0.15) is 0 Å². The van der Waals surface area contributed by atoms with Crippen LogP contribution in [-0.4, -0.2) is 0 Å². The van der Waals surface area contributed by atoms with Crippen LogP contribution in [0.4, 0.5) is 0 Å². The summed E-state index contributed by atoms with van der Waals surface area (Å²) in [6.07, 6.45) is 6.57. The molecule has 0 heterocycles. The minimum absolute atomic E-state index is 0.980. The summed E-state index contributed by atoms with van der Waals surface area (Å²) in [5.41, 5.74) is 3.94. The molecule has 0 N–H and O–H groups in total. The quantitative estimate of drug-likeness (QED) is 0.397. The van der Waals surface area contributed by atoms with Crippen LogP contribution in [0.1, 0.15) is 13.3 Å². The van der Waals surface area contributed by atoms with E-state index in [1.54, 1.807) is 6.08 Å². The Kier molecular flexibility index (Phi) is 4.57. The fourth-order valence-corrected chi connectivity index (χ4v) is 0.486. The Morgan fingerprint density at radius 3 is 2.67 bits per heavy atom. The first-order valence-corrected chi connectivity index (χ1v) is 3.03. The average Bonchev–Trinajstić information content (AvgIpc) is 1.91. The highest BCUT2D eigenvalue weighted by atomic mass is 13.8. The molecule has 0 atom stereocenters. The lowest BCUT2D eigenvalue weighted by molar-refractivity contribution is 1.16. The van der Waals surface area contributed by atoms with E-state index in [1.165, 1.54) is 0 Å². The third-order valence-electron chi connectivity index (χ3n) is 1.04. The van der Waals surface area contributed by atoms with Gasteiger partial charge in [0.15, 0.2) is 0 Å². The van der Waals surface area contributed by atoms with Crippen molar-refractivity contribution in [3.8, 4) is 0 Å². The second-order valence-corrected chi connectivity index (χ2v) is 1.65. The smallest absolute Gasteiger partial charge is 0.00693 e. The molecule has 0 saturated heterocycles. The molecule has 0 aliphatic rings. The lowest BCUT2D eigenvalue weighted by atomic mass is 10.2. The Morgan fingerprint density at radius 2 is 2.33 bits per heavy atom. The predicted octanol–water partition coefficient (Wildman–Crippen LogP) is 2.85. The molecule has 0 bridgehead atoms. The number of rotatable bonds is 3. The summed E-state index contributed by atoms with van der Waals surface area (Å²) in [6.45, 7) is 9.16. The molecule has 0 amide bonds. The van der Waals surface area contributed by atoms with E-state index >= 15 is 0 Å². The van der Waals surface area contributed by atoms with Crippen molar-refractivity contribution in [2.75, 3.05) is 0 Å². The second-order valence-electron chi connectivity index (χ2n) is 1.65. The van der Waals surface area contributed by atoms with Crippen molar-refractivity contribution in [3.05, 3.63) is 42.7 Å². The third-order valence-corrected chi connectivity index (χ3v) is 1.04. The van der Waals surface area contributed by atoms with Crippen molar-refractivity contribution in [2.45, 2.75) is 13.3 Å². The van der Waals surface area contributed by atoms with Crippen LogP contribution >= 0.6 is 0 Å². The van der Waals surface area contributed by atoms with Gasteiger partial charge >= 0.3 is 0 Å². The van der Waals surface area contributed by atoms with E-state index in [-0.39, 0.29) is 0 Å². The molecule has 0 aromatic heterocycles. The monoisotopic (exact) mass is 120 g/mol. The van der Waals surface area contributed by atoms with Crippen molar-refractivity contribution in [2.24, 2.45) is 0 Å². The second kappa shape index (κ2) is 5.14. The van der Waals surface area contributed by atoms with Gasteiger partial charge in [-0.3, -0.25) is 0 Å². The van der Waals surface area contributed by atoms with E-state index in [0.717, 1.165) is 12.0 Å². The Balaban J connectivity index is 4.00. The molecule has 0 radical (unpaired) electrons. The van der Waals surface area contributed by atoms with Gasteiger partial charge < -0.3 is 0 Å². The highest BCUT2D eigenvalue weighted by Crippen LogP contribution is 1.98. The van der Waals surface area contributed by atoms with E-state index in [2.05, 4.69) is 25.8 Å². The highest BCUT2D eigenvalue weighted by Gasteiger charge is 1.79. The fourth-order valence-electron chi connectivity index (χ4n) is 0.486. The van der Waals surface area contributed by atoms with Gasteiger partial charge in [-0.25, -0.2) is 0 Å². The number of hydrogen-bond donors (Lipinski definition) is 0. The topological polar surface area (TPSA) is 0 Å². The summed E-state index contributed by atoms with van der Waals surface area (Å²) in [4.78, 5) is 0. The zero-order valence-corrected chi connectivity index (χ0v) is 5.85. The summed E-state index contributed by atoms with van der Waals surface area (Å²) >= 11 is 0. The molecule has 0 heteroatoms. The van der Waals surface area contributed by atoms with E-state index in [1.807, 2.05) is 12.2 Å². The van der Waals surface area contributed by atoms with Gasteiger partial charge in [0.25, 0.3) is 0 Å². The lowest BCUT2D eigenvalue weighted by Gasteiger charge is -1.86. The summed E-state index contributed by atoms with van der Waals surface area (Å²) < 4.78 is 0. The van der Waals surface area contributed by atoms with Gasteiger partial charge in [0.05, 0.1) is 0 Å². The van der Waals surface area contributed by atoms with Crippen LogP contribution in [0, 0.1) is 0 Å². The van der Waals surface area contributed by atoms with Crippen LogP contribution in [0.15, 0.2) is 42.7 Å². The summed E-state index contributed by atoms with van der Waals surface area (Å²) in [7, 11) is 0. The molecule has 0 unspecified atom stereocenters. The first kappa shape index (κ1) is 8.00. The molecular weight excluding hydrogens is 108 g/mol. The third kappa shape index (κ3) is 3.57. The number of hydrogen-bond acceptors (Lipinski definition) is 0. The predicted molar refractivity (Wildman–Crippen MR) is 42.3 cm³/mol. The molecule has 0 spiro atoms. The maximum atomic E-state index is 3.55. The summed E-state index contributed by atoms with van der Waals surface area (Å²) in [5.74, 6) is 0. The maximum absolute atomic E-state index is 3.55. The molecular formula is C9H12. The molecule has 0 saturated carbocycles. The SMILES string of the molecule is C=C=C(C=CC=C)CC. The maximum Gasteiger partial charge on any atom is -0.00693 e. The minimum atomic E-state index is 0.980. The van der Waals surface area contributed by atoms with Crippen LogP contribution in [0.2, 0.25) is 0 Å². The van der Waals surface area contributed by atoms with Gasteiger partial charge in [-0.15, -0.1) is 5.73 Å². The van der Waals surface area contributed by atoms with E-state index in [0.29, 0.717) is 0 Å². The van der Waals surface area contributed by atoms with Crippen molar-refractivity contribution < 1.29 is 0 Å². The van der Waals surface area contributed by atoms with Gasteiger partial charge in [-0.1, -0.05) is 38.3 Å². The molecule has 0 aliphatic heterocycles. The summed E-state index contributed by atoms with van der Waals surface area (Å²) in [5, 5.41) is 0. The Bertz CT molecular complexity index is 155. The Labute approximate surface area is 56.9 Å². The van der Waals surface area contributed by atoms with Gasteiger partial charge in [0.2, 0.25) is 0 Å². The van der Waals surface area contributed by atoms with Gasteiger partial charge in [-0.05, 0) is 12.0 Å². The largest absolute Gasteiger partial charge is 0.125 e. The highest BCUT2D eigenvalue weighted by molar-refractivity contribution is 5.19. The molecule has 0 fully saturated rings. The molecule has 9 heavy (non-hydrogen) atoms. The van der Waals surface area contributed by atoms with E-state index < -0.39 is 0 Å². The van der Waals surface area contributed by atoms with E-state index in [4.69, 9.17) is 0 Å². The zero-order chi connectivity index (χ0) is 7.11. The van der Waals surface area contributed by atoms with Crippen molar-refractivity contribution in [1.29, 1.82) is 0 Å². The fraction of sp³-hybridized carbons (Fsp3) is 0.222. The molecule has 0 rings (SSSR count). The lowest BCUT2D eigenvalue weighted by Crippen LogP contribution is -1.67. The molecule has 48 valence electrons. The van der Waals surface area contributed by atoms with E-state index in [9.17, 15) is 0 Å². The van der Waals surface area contributed by atoms with Crippen LogP contribution in [0.25, 0.3) is 0 Å². The average molecular weight is 120 g/mol. The Morgan fingerprint density at radius 1 is 1.67 bits per heavy atom. The first-order valence-electron chi connectivity index (χ1n) is 3.03. The molecule has 0 nitrogen and oxygen atoms in total. The first-order chi connectivity index (χ1) is 4.35. The van der Waals surface area contributed by atoms with Crippen molar-refractivity contribution >= 4 is 0 Å². The van der Waals surface area contributed by atoms with Gasteiger partial charge in [0, 0.05) is 0 Å². The van der Waals surface area contributed by atoms with Crippen molar-refractivity contribution in [3.63, 3.8) is 0 Å². The zero-order valence-electron chi connectivity index (χ0n) is 5.85. The molecule has 0 aromatic carbocycles. The van der Waals surface area contributed by atoms with Gasteiger partial charge in [-0.2, -0.15) is 0 Å². The number of allylic oxidation sites excluding steroid dienone is 4. The van der Waals surface area contributed by atoms with Crippen molar-refractivity contribution in [1.82, 2.24) is 0 Å². The standard InChI is InChI=1S/C9H12/c1-4-7-8-9(5-2)6-3/h4,7-8H,1-2,6H2,3H3. The Hall–Kier alpha value is -1.00. The molecule has 0 aromatic rings. The molecule has 0 aliphatic carbocycles. The van der Waals surface area contributed by atoms with Crippen LogP contribution in [0.5, 0.6) is 0 Å². The summed E-state index contributed by atoms with van der Waals surface area (Å²) in [6, 6.07) is 0.